The zero-order valence-electron chi connectivity index (χ0n) is 10.6. The van der Waals surface area contributed by atoms with Gasteiger partial charge in [0.25, 0.3) is 6.01 Å². The Morgan fingerprint density at radius 2 is 2.00 bits per heavy atom. The molecule has 0 atom stereocenters. The minimum Gasteiger partial charge on any atom is -0.423 e. The molecule has 3 rings (SSSR count). The summed E-state index contributed by atoms with van der Waals surface area (Å²) in [7, 11) is 1.94. The lowest BCUT2D eigenvalue weighted by molar-refractivity contribution is 0.582. The minimum atomic E-state index is 0.581. The van der Waals surface area contributed by atoms with Gasteiger partial charge in [-0.1, -0.05) is 0 Å². The largest absolute Gasteiger partial charge is 0.423 e. The number of nitrogen functional groups attached to an aromatic ring is 1. The molecular weight excluding hydrogens is 240 g/mol. The summed E-state index contributed by atoms with van der Waals surface area (Å²) in [6.07, 6.45) is 3.55. The van der Waals surface area contributed by atoms with E-state index in [0.29, 0.717) is 18.2 Å². The fourth-order valence-electron chi connectivity index (χ4n) is 1.93. The summed E-state index contributed by atoms with van der Waals surface area (Å²) in [5, 5.41) is 0. The van der Waals surface area contributed by atoms with Crippen LogP contribution < -0.4 is 10.6 Å². The molecule has 3 aromatic rings. The van der Waals surface area contributed by atoms with E-state index in [1.165, 1.54) is 0 Å². The maximum Gasteiger partial charge on any atom is 0.298 e. The minimum absolute atomic E-state index is 0.581. The molecule has 1 aromatic carbocycles. The Morgan fingerprint density at radius 3 is 2.79 bits per heavy atom. The fraction of sp³-hybridized carbons (Fsp3) is 0.143. The lowest BCUT2D eigenvalue weighted by Crippen LogP contribution is -2.16. The highest BCUT2D eigenvalue weighted by atomic mass is 16.4. The lowest BCUT2D eigenvalue weighted by atomic mass is 10.2. The molecule has 96 valence electrons. The van der Waals surface area contributed by atoms with Crippen LogP contribution in [0.25, 0.3) is 11.1 Å². The van der Waals surface area contributed by atoms with E-state index in [2.05, 4.69) is 9.97 Å². The first kappa shape index (κ1) is 11.5. The molecule has 0 saturated carbocycles. The number of fused-ring (bicyclic) bond motifs is 1. The van der Waals surface area contributed by atoms with Crippen molar-refractivity contribution < 1.29 is 4.42 Å². The molecule has 0 aliphatic heterocycles. The van der Waals surface area contributed by atoms with Crippen molar-refractivity contribution in [1.29, 1.82) is 0 Å². The Morgan fingerprint density at radius 1 is 1.21 bits per heavy atom. The number of benzene rings is 1. The van der Waals surface area contributed by atoms with E-state index in [1.807, 2.05) is 36.2 Å². The second kappa shape index (κ2) is 4.61. The van der Waals surface area contributed by atoms with Gasteiger partial charge in [-0.2, -0.15) is 4.98 Å². The maximum atomic E-state index is 5.73. The van der Waals surface area contributed by atoms with Gasteiger partial charge in [-0.15, -0.1) is 0 Å². The normalized spacial score (nSPS) is 10.8. The van der Waals surface area contributed by atoms with Gasteiger partial charge in [0.15, 0.2) is 5.58 Å². The zero-order valence-corrected chi connectivity index (χ0v) is 10.6. The van der Waals surface area contributed by atoms with Crippen molar-refractivity contribution in [2.45, 2.75) is 6.54 Å². The quantitative estimate of drug-likeness (QED) is 0.727. The Labute approximate surface area is 110 Å². The van der Waals surface area contributed by atoms with Crippen molar-refractivity contribution in [1.82, 2.24) is 9.97 Å². The van der Waals surface area contributed by atoms with E-state index in [9.17, 15) is 0 Å². The third-order valence-corrected chi connectivity index (χ3v) is 2.90. The molecule has 19 heavy (non-hydrogen) atoms. The van der Waals surface area contributed by atoms with Gasteiger partial charge in [0, 0.05) is 31.7 Å². The second-order valence-electron chi connectivity index (χ2n) is 4.44. The Kier molecular flexibility index (Phi) is 2.79. The maximum absolute atomic E-state index is 5.73. The molecule has 0 unspecified atom stereocenters. The molecule has 2 N–H and O–H groups in total. The molecule has 0 aliphatic carbocycles. The first-order valence-corrected chi connectivity index (χ1v) is 5.98. The average Bonchev–Trinajstić information content (AvgIpc) is 2.83. The predicted molar refractivity (Wildman–Crippen MR) is 74.8 cm³/mol. The van der Waals surface area contributed by atoms with E-state index in [1.54, 1.807) is 18.5 Å². The van der Waals surface area contributed by atoms with Gasteiger partial charge in [0.2, 0.25) is 0 Å². The van der Waals surface area contributed by atoms with E-state index in [0.717, 1.165) is 16.7 Å². The molecule has 0 spiro atoms. The first-order valence-electron chi connectivity index (χ1n) is 5.98. The SMILES string of the molecule is CN(Cc1ccncc1)c1nc2cc(N)ccc2o1. The highest BCUT2D eigenvalue weighted by Gasteiger charge is 2.10. The number of hydrogen-bond acceptors (Lipinski definition) is 5. The van der Waals surface area contributed by atoms with Crippen molar-refractivity contribution in [2.75, 3.05) is 17.7 Å². The first-order chi connectivity index (χ1) is 9.22. The number of nitrogens with two attached hydrogens (primary N) is 1. The summed E-state index contributed by atoms with van der Waals surface area (Å²) < 4.78 is 5.70. The summed E-state index contributed by atoms with van der Waals surface area (Å²) >= 11 is 0. The highest BCUT2D eigenvalue weighted by Crippen LogP contribution is 2.23. The van der Waals surface area contributed by atoms with Crippen molar-refractivity contribution in [2.24, 2.45) is 0 Å². The zero-order chi connectivity index (χ0) is 13.2. The third-order valence-electron chi connectivity index (χ3n) is 2.90. The topological polar surface area (TPSA) is 68.2 Å². The summed E-state index contributed by atoms with van der Waals surface area (Å²) in [6.45, 7) is 0.713. The van der Waals surface area contributed by atoms with Crippen LogP contribution >= 0.6 is 0 Å². The number of hydrogen-bond donors (Lipinski definition) is 1. The summed E-state index contributed by atoms with van der Waals surface area (Å²) in [4.78, 5) is 10.4. The van der Waals surface area contributed by atoms with Crippen LogP contribution in [0.2, 0.25) is 0 Å². The number of rotatable bonds is 3. The summed E-state index contributed by atoms with van der Waals surface area (Å²) in [5.74, 6) is 0. The summed E-state index contributed by atoms with van der Waals surface area (Å²) in [6, 6.07) is 9.97. The number of pyridine rings is 1. The second-order valence-corrected chi connectivity index (χ2v) is 4.44. The Balaban J connectivity index is 1.87. The number of anilines is 2. The number of oxazole rings is 1. The molecule has 2 aromatic heterocycles. The van der Waals surface area contributed by atoms with Crippen molar-refractivity contribution in [3.05, 3.63) is 48.3 Å². The molecule has 0 radical (unpaired) electrons. The molecule has 0 bridgehead atoms. The Bertz CT molecular complexity index is 693. The standard InChI is InChI=1S/C14H14N4O/c1-18(9-10-4-6-16-7-5-10)14-17-12-8-11(15)2-3-13(12)19-14/h2-8H,9,15H2,1H3. The van der Waals surface area contributed by atoms with Crippen LogP contribution in [-0.4, -0.2) is 17.0 Å². The van der Waals surface area contributed by atoms with Crippen LogP contribution in [0.4, 0.5) is 11.7 Å². The predicted octanol–water partition coefficient (Wildman–Crippen LogP) is 2.44. The van der Waals surface area contributed by atoms with Crippen LogP contribution in [0.15, 0.2) is 47.1 Å². The van der Waals surface area contributed by atoms with Crippen molar-refractivity contribution in [3.8, 4) is 0 Å². The van der Waals surface area contributed by atoms with Crippen LogP contribution in [0.3, 0.4) is 0 Å². The van der Waals surface area contributed by atoms with E-state index in [4.69, 9.17) is 10.2 Å². The molecular formula is C14H14N4O. The molecule has 0 amide bonds. The van der Waals surface area contributed by atoms with Crippen LogP contribution in [-0.2, 0) is 6.54 Å². The fourth-order valence-corrected chi connectivity index (χ4v) is 1.93. The van der Waals surface area contributed by atoms with Gasteiger partial charge in [0.05, 0.1) is 0 Å². The monoisotopic (exact) mass is 254 g/mol. The van der Waals surface area contributed by atoms with E-state index < -0.39 is 0 Å². The number of aromatic nitrogens is 2. The molecule has 5 nitrogen and oxygen atoms in total. The van der Waals surface area contributed by atoms with Gasteiger partial charge in [-0.25, -0.2) is 0 Å². The molecule has 0 aliphatic rings. The van der Waals surface area contributed by atoms with Crippen molar-refractivity contribution >= 4 is 22.8 Å². The average molecular weight is 254 g/mol. The Hall–Kier alpha value is -2.56. The van der Waals surface area contributed by atoms with Crippen LogP contribution in [0.5, 0.6) is 0 Å². The smallest absolute Gasteiger partial charge is 0.298 e. The lowest BCUT2D eigenvalue weighted by Gasteiger charge is -2.13. The van der Waals surface area contributed by atoms with E-state index in [-0.39, 0.29) is 0 Å². The molecule has 0 saturated heterocycles. The third kappa shape index (κ3) is 2.35. The summed E-state index contributed by atoms with van der Waals surface area (Å²) in [5.41, 5.74) is 9.08. The van der Waals surface area contributed by atoms with Gasteiger partial charge in [-0.05, 0) is 35.9 Å². The van der Waals surface area contributed by atoms with Gasteiger partial charge in [0.1, 0.15) is 5.52 Å². The van der Waals surface area contributed by atoms with Gasteiger partial charge >= 0.3 is 0 Å². The van der Waals surface area contributed by atoms with Gasteiger partial charge in [-0.3, -0.25) is 4.98 Å². The van der Waals surface area contributed by atoms with Crippen LogP contribution in [0, 0.1) is 0 Å². The van der Waals surface area contributed by atoms with E-state index >= 15 is 0 Å². The van der Waals surface area contributed by atoms with Crippen molar-refractivity contribution in [3.63, 3.8) is 0 Å². The van der Waals surface area contributed by atoms with Crippen LogP contribution in [0.1, 0.15) is 5.56 Å². The molecule has 5 heteroatoms. The molecule has 2 heterocycles. The number of nitrogens with zero attached hydrogens (tertiary/aromatic N) is 3. The highest BCUT2D eigenvalue weighted by molar-refractivity contribution is 5.78. The molecule has 0 fully saturated rings. The van der Waals surface area contributed by atoms with Gasteiger partial charge < -0.3 is 15.1 Å².